The number of hydrogen-bond acceptors (Lipinski definition) is 5. The number of rotatable bonds is 5. The molecule has 1 amide bonds. The number of nitrogens with one attached hydrogen (secondary N) is 1. The first kappa shape index (κ1) is 17.0. The van der Waals surface area contributed by atoms with Crippen LogP contribution in [0.4, 0.5) is 0 Å². The quantitative estimate of drug-likeness (QED) is 0.496. The van der Waals surface area contributed by atoms with E-state index in [1.807, 2.05) is 31.2 Å². The fraction of sp³-hybridized carbons (Fsp3) is 0.263. The summed E-state index contributed by atoms with van der Waals surface area (Å²) in [5.74, 6) is -0.499. The third-order valence-electron chi connectivity index (χ3n) is 4.61. The van der Waals surface area contributed by atoms with Gasteiger partial charge in [-0.25, -0.2) is 5.48 Å². The van der Waals surface area contributed by atoms with Crippen molar-refractivity contribution in [2.24, 2.45) is 5.92 Å². The molecule has 0 spiro atoms. The Morgan fingerprint density at radius 1 is 1.20 bits per heavy atom. The van der Waals surface area contributed by atoms with Crippen LogP contribution in [0.25, 0.3) is 0 Å². The molecule has 1 aliphatic rings. The first-order chi connectivity index (χ1) is 12.0. The molecular weight excluding hydrogens is 322 g/mol. The van der Waals surface area contributed by atoms with Crippen molar-refractivity contribution in [1.29, 1.82) is 0 Å². The highest BCUT2D eigenvalue weighted by molar-refractivity contribution is 5.97. The normalized spacial score (nSPS) is 21.3. The summed E-state index contributed by atoms with van der Waals surface area (Å²) < 4.78 is 10.8. The van der Waals surface area contributed by atoms with E-state index in [4.69, 9.17) is 14.7 Å². The van der Waals surface area contributed by atoms with Gasteiger partial charge in [-0.05, 0) is 42.7 Å². The zero-order chi connectivity index (χ0) is 18.0. The summed E-state index contributed by atoms with van der Waals surface area (Å²) in [4.78, 5) is 24.1. The lowest BCUT2D eigenvalue weighted by Crippen LogP contribution is -2.31. The van der Waals surface area contributed by atoms with Gasteiger partial charge < -0.3 is 9.47 Å². The summed E-state index contributed by atoms with van der Waals surface area (Å²) in [6.07, 6.45) is 0.278. The third-order valence-corrected chi connectivity index (χ3v) is 4.61. The lowest BCUT2D eigenvalue weighted by Gasteiger charge is -2.16. The molecule has 3 rings (SSSR count). The highest BCUT2D eigenvalue weighted by Crippen LogP contribution is 2.55. The lowest BCUT2D eigenvalue weighted by atomic mass is 9.92. The van der Waals surface area contributed by atoms with E-state index >= 15 is 0 Å². The van der Waals surface area contributed by atoms with E-state index in [2.05, 4.69) is 0 Å². The number of methoxy groups -OCH3 is 1. The molecule has 0 saturated heterocycles. The molecule has 2 aromatic rings. The number of carbonyl (C=O) groups excluding carboxylic acids is 2. The van der Waals surface area contributed by atoms with E-state index in [9.17, 15) is 9.59 Å². The molecule has 1 aliphatic carbocycles. The van der Waals surface area contributed by atoms with Crippen LogP contribution in [0.5, 0.6) is 11.5 Å². The topological polar surface area (TPSA) is 84.9 Å². The molecule has 25 heavy (non-hydrogen) atoms. The Morgan fingerprint density at radius 3 is 2.64 bits per heavy atom. The Kier molecular flexibility index (Phi) is 4.46. The second-order valence-corrected chi connectivity index (χ2v) is 6.09. The van der Waals surface area contributed by atoms with E-state index in [0.717, 1.165) is 5.56 Å². The Hall–Kier alpha value is -2.86. The first-order valence-electron chi connectivity index (χ1n) is 7.89. The number of ether oxygens (including phenoxy) is 2. The maximum atomic E-state index is 12.3. The monoisotopic (exact) mass is 341 g/mol. The van der Waals surface area contributed by atoms with Crippen LogP contribution < -0.4 is 10.2 Å². The van der Waals surface area contributed by atoms with Crippen LogP contribution in [-0.4, -0.2) is 24.2 Å². The highest BCUT2D eigenvalue weighted by Gasteiger charge is 2.65. The molecule has 6 nitrogen and oxygen atoms in total. The molecule has 0 heterocycles. The maximum Gasteiger partial charge on any atom is 0.317 e. The van der Waals surface area contributed by atoms with Crippen LogP contribution in [0.3, 0.4) is 0 Å². The lowest BCUT2D eigenvalue weighted by molar-refractivity contribution is -0.146. The average Bonchev–Trinajstić information content (AvgIpc) is 3.39. The van der Waals surface area contributed by atoms with Gasteiger partial charge in [0.05, 0.1) is 13.0 Å². The van der Waals surface area contributed by atoms with Gasteiger partial charge in [-0.1, -0.05) is 30.3 Å². The second-order valence-electron chi connectivity index (χ2n) is 6.09. The van der Waals surface area contributed by atoms with Crippen molar-refractivity contribution in [2.45, 2.75) is 18.8 Å². The minimum absolute atomic E-state index is 0.278. The summed E-state index contributed by atoms with van der Waals surface area (Å²) in [5.41, 5.74) is 2.13. The summed E-state index contributed by atoms with van der Waals surface area (Å²) in [7, 11) is 1.28. The van der Waals surface area contributed by atoms with E-state index in [0.29, 0.717) is 17.1 Å². The standard InChI is InChI=1S/C19H19NO5/c1-12-6-3-4-9-16(12)25-14-8-5-7-13(10-14)19(18(22)24-2)11-15(19)17(21)20-23/h3-10,15,23H,11H2,1-2H3,(H,20,21). The fourth-order valence-electron chi connectivity index (χ4n) is 3.14. The number of para-hydroxylation sites is 1. The zero-order valence-electron chi connectivity index (χ0n) is 14.0. The molecule has 0 bridgehead atoms. The maximum absolute atomic E-state index is 12.3. The minimum Gasteiger partial charge on any atom is -0.468 e. The predicted octanol–water partition coefficient (Wildman–Crippen LogP) is 2.72. The molecule has 2 N–H and O–H groups in total. The van der Waals surface area contributed by atoms with Crippen LogP contribution in [0.2, 0.25) is 0 Å². The molecular formula is C19H19NO5. The molecule has 2 aromatic carbocycles. The largest absolute Gasteiger partial charge is 0.468 e. The number of hydrogen-bond donors (Lipinski definition) is 2. The van der Waals surface area contributed by atoms with Gasteiger partial charge in [-0.3, -0.25) is 14.8 Å². The van der Waals surface area contributed by atoms with Gasteiger partial charge >= 0.3 is 5.97 Å². The van der Waals surface area contributed by atoms with Gasteiger partial charge in [0.1, 0.15) is 16.9 Å². The number of aryl methyl sites for hydroxylation is 1. The van der Waals surface area contributed by atoms with E-state index in [1.165, 1.54) is 7.11 Å². The Bertz CT molecular complexity index is 819. The van der Waals surface area contributed by atoms with Crippen molar-refractivity contribution < 1.29 is 24.3 Å². The van der Waals surface area contributed by atoms with E-state index in [1.54, 1.807) is 29.7 Å². The smallest absolute Gasteiger partial charge is 0.317 e. The van der Waals surface area contributed by atoms with Gasteiger partial charge in [0.2, 0.25) is 5.91 Å². The van der Waals surface area contributed by atoms with Gasteiger partial charge in [0, 0.05) is 0 Å². The highest BCUT2D eigenvalue weighted by atomic mass is 16.5. The van der Waals surface area contributed by atoms with Crippen molar-refractivity contribution in [3.05, 3.63) is 59.7 Å². The molecule has 6 heteroatoms. The van der Waals surface area contributed by atoms with Crippen molar-refractivity contribution in [2.75, 3.05) is 7.11 Å². The molecule has 0 aromatic heterocycles. The predicted molar refractivity (Wildman–Crippen MR) is 89.4 cm³/mol. The van der Waals surface area contributed by atoms with Crippen molar-refractivity contribution >= 4 is 11.9 Å². The Balaban J connectivity index is 1.93. The van der Waals surface area contributed by atoms with Gasteiger partial charge in [0.25, 0.3) is 0 Å². The van der Waals surface area contributed by atoms with Crippen LogP contribution in [-0.2, 0) is 19.7 Å². The number of amides is 1. The van der Waals surface area contributed by atoms with Crippen LogP contribution in [0.1, 0.15) is 17.5 Å². The molecule has 1 saturated carbocycles. The van der Waals surface area contributed by atoms with Crippen LogP contribution >= 0.6 is 0 Å². The summed E-state index contributed by atoms with van der Waals surface area (Å²) in [5, 5.41) is 8.88. The number of carbonyl (C=O) groups is 2. The molecule has 2 unspecified atom stereocenters. The number of esters is 1. The second kappa shape index (κ2) is 6.57. The summed E-state index contributed by atoms with van der Waals surface area (Å²) >= 11 is 0. The molecule has 1 fully saturated rings. The van der Waals surface area contributed by atoms with Crippen molar-refractivity contribution in [3.63, 3.8) is 0 Å². The molecule has 130 valence electrons. The van der Waals surface area contributed by atoms with Gasteiger partial charge in [-0.2, -0.15) is 0 Å². The number of benzene rings is 2. The van der Waals surface area contributed by atoms with Gasteiger partial charge in [0.15, 0.2) is 0 Å². The number of hydroxylamine groups is 1. The molecule has 0 aliphatic heterocycles. The fourth-order valence-corrected chi connectivity index (χ4v) is 3.14. The van der Waals surface area contributed by atoms with E-state index in [-0.39, 0.29) is 6.42 Å². The summed E-state index contributed by atoms with van der Waals surface area (Å²) in [6, 6.07) is 14.6. The van der Waals surface area contributed by atoms with Crippen molar-refractivity contribution in [3.8, 4) is 11.5 Å². The third kappa shape index (κ3) is 2.96. The SMILES string of the molecule is COC(=O)C1(c2cccc(Oc3ccccc3C)c2)CC1C(=O)NO. The zero-order valence-corrected chi connectivity index (χ0v) is 14.0. The van der Waals surface area contributed by atoms with Gasteiger partial charge in [-0.15, -0.1) is 0 Å². The first-order valence-corrected chi connectivity index (χ1v) is 7.89. The average molecular weight is 341 g/mol. The Labute approximate surface area is 145 Å². The Morgan fingerprint density at radius 2 is 1.96 bits per heavy atom. The van der Waals surface area contributed by atoms with Crippen LogP contribution in [0, 0.1) is 12.8 Å². The summed E-state index contributed by atoms with van der Waals surface area (Å²) in [6.45, 7) is 1.94. The minimum atomic E-state index is -1.09. The molecule has 0 radical (unpaired) electrons. The van der Waals surface area contributed by atoms with E-state index < -0.39 is 23.2 Å². The molecule has 2 atom stereocenters. The van der Waals surface area contributed by atoms with Crippen molar-refractivity contribution in [1.82, 2.24) is 5.48 Å². The van der Waals surface area contributed by atoms with Crippen LogP contribution in [0.15, 0.2) is 48.5 Å².